The molecular formula is C20H19ClN2O4. The van der Waals surface area contributed by atoms with Crippen LogP contribution in [0.3, 0.4) is 0 Å². The number of amides is 3. The number of imide groups is 1. The lowest BCUT2D eigenvalue weighted by Crippen LogP contribution is -2.41. The summed E-state index contributed by atoms with van der Waals surface area (Å²) in [5.74, 6) is -1.16. The molecule has 0 bridgehead atoms. The lowest BCUT2D eigenvalue weighted by molar-refractivity contribution is -0.148. The maximum Gasteiger partial charge on any atom is 0.326 e. The van der Waals surface area contributed by atoms with Gasteiger partial charge in [0.15, 0.2) is 0 Å². The SMILES string of the molecule is Cc1ccc([C@@]2(C)NC(=O)N(CC(=O)OCc3cccc(Cl)c3)C2=O)cc1. The lowest BCUT2D eigenvalue weighted by Gasteiger charge is -2.22. The van der Waals surface area contributed by atoms with Gasteiger partial charge in [-0.2, -0.15) is 0 Å². The summed E-state index contributed by atoms with van der Waals surface area (Å²) in [6.45, 7) is 3.11. The molecule has 3 amide bonds. The molecule has 7 heteroatoms. The molecule has 0 radical (unpaired) electrons. The van der Waals surface area contributed by atoms with E-state index in [0.29, 0.717) is 10.6 Å². The maximum atomic E-state index is 12.8. The van der Waals surface area contributed by atoms with Crippen molar-refractivity contribution in [2.45, 2.75) is 26.0 Å². The first kappa shape index (κ1) is 18.9. The average Bonchev–Trinajstić information content (AvgIpc) is 2.85. The molecule has 0 saturated carbocycles. The molecule has 1 saturated heterocycles. The highest BCUT2D eigenvalue weighted by atomic mass is 35.5. The Morgan fingerprint density at radius 3 is 2.56 bits per heavy atom. The van der Waals surface area contributed by atoms with Gasteiger partial charge in [-0.15, -0.1) is 0 Å². The maximum absolute atomic E-state index is 12.8. The molecule has 2 aromatic carbocycles. The Morgan fingerprint density at radius 1 is 1.19 bits per heavy atom. The third kappa shape index (κ3) is 3.95. The zero-order valence-electron chi connectivity index (χ0n) is 15.0. The van der Waals surface area contributed by atoms with Crippen molar-refractivity contribution in [2.75, 3.05) is 6.54 Å². The topological polar surface area (TPSA) is 75.7 Å². The van der Waals surface area contributed by atoms with E-state index in [4.69, 9.17) is 16.3 Å². The number of urea groups is 1. The summed E-state index contributed by atoms with van der Waals surface area (Å²) < 4.78 is 5.16. The molecule has 1 aliphatic rings. The second kappa shape index (κ2) is 7.40. The van der Waals surface area contributed by atoms with Crippen molar-refractivity contribution in [3.8, 4) is 0 Å². The standard InChI is InChI=1S/C20H19ClN2O4/c1-13-6-8-15(9-7-13)20(2)18(25)23(19(26)22-20)11-17(24)27-12-14-4-3-5-16(21)10-14/h3-10H,11-12H2,1-2H3,(H,22,26)/t20-/m1/s1. The highest BCUT2D eigenvalue weighted by Crippen LogP contribution is 2.29. The van der Waals surface area contributed by atoms with Crippen molar-refractivity contribution >= 4 is 29.5 Å². The fourth-order valence-electron chi connectivity index (χ4n) is 2.89. The highest BCUT2D eigenvalue weighted by Gasteiger charge is 2.49. The number of hydrogen-bond donors (Lipinski definition) is 1. The van der Waals surface area contributed by atoms with E-state index in [0.717, 1.165) is 16.0 Å². The number of nitrogens with one attached hydrogen (secondary N) is 1. The van der Waals surface area contributed by atoms with Gasteiger partial charge in [-0.25, -0.2) is 4.79 Å². The molecule has 3 rings (SSSR count). The second-order valence-electron chi connectivity index (χ2n) is 6.60. The summed E-state index contributed by atoms with van der Waals surface area (Å²) in [4.78, 5) is 38.0. The predicted octanol–water partition coefficient (Wildman–Crippen LogP) is 3.16. The molecule has 1 atom stereocenters. The Balaban J connectivity index is 1.66. The Morgan fingerprint density at radius 2 is 1.89 bits per heavy atom. The first-order valence-corrected chi connectivity index (χ1v) is 8.79. The van der Waals surface area contributed by atoms with E-state index in [1.807, 2.05) is 19.1 Å². The summed E-state index contributed by atoms with van der Waals surface area (Å²) in [6, 6.07) is 13.6. The van der Waals surface area contributed by atoms with Gasteiger partial charge in [0.2, 0.25) is 0 Å². The molecule has 0 aliphatic carbocycles. The van der Waals surface area contributed by atoms with Crippen LogP contribution in [-0.4, -0.2) is 29.4 Å². The summed E-state index contributed by atoms with van der Waals surface area (Å²) in [7, 11) is 0. The fourth-order valence-corrected chi connectivity index (χ4v) is 3.10. The second-order valence-corrected chi connectivity index (χ2v) is 7.04. The van der Waals surface area contributed by atoms with Gasteiger partial charge >= 0.3 is 12.0 Å². The normalized spacial score (nSPS) is 19.1. The molecule has 27 heavy (non-hydrogen) atoms. The molecule has 1 fully saturated rings. The van der Waals surface area contributed by atoms with Gasteiger partial charge in [-0.05, 0) is 37.1 Å². The molecular weight excluding hydrogens is 368 g/mol. The number of hydrogen-bond acceptors (Lipinski definition) is 4. The summed E-state index contributed by atoms with van der Waals surface area (Å²) in [5, 5.41) is 3.20. The fraction of sp³-hybridized carbons (Fsp3) is 0.250. The van der Waals surface area contributed by atoms with Crippen molar-refractivity contribution in [1.29, 1.82) is 0 Å². The Labute approximate surface area is 162 Å². The third-order valence-corrected chi connectivity index (χ3v) is 4.72. The van der Waals surface area contributed by atoms with Crippen LogP contribution in [0.15, 0.2) is 48.5 Å². The number of esters is 1. The van der Waals surface area contributed by atoms with Crippen molar-refractivity contribution in [2.24, 2.45) is 0 Å². The number of aryl methyl sites for hydroxylation is 1. The predicted molar refractivity (Wildman–Crippen MR) is 100 cm³/mol. The van der Waals surface area contributed by atoms with Crippen LogP contribution in [0.1, 0.15) is 23.6 Å². The van der Waals surface area contributed by atoms with Gasteiger partial charge in [0.05, 0.1) is 0 Å². The monoisotopic (exact) mass is 386 g/mol. The molecule has 1 heterocycles. The van der Waals surface area contributed by atoms with Crippen LogP contribution < -0.4 is 5.32 Å². The van der Waals surface area contributed by atoms with E-state index in [-0.39, 0.29) is 6.61 Å². The smallest absolute Gasteiger partial charge is 0.326 e. The van der Waals surface area contributed by atoms with E-state index in [1.165, 1.54) is 0 Å². The van der Waals surface area contributed by atoms with Crippen LogP contribution in [0.2, 0.25) is 5.02 Å². The van der Waals surface area contributed by atoms with Gasteiger partial charge in [-0.1, -0.05) is 53.6 Å². The van der Waals surface area contributed by atoms with Crippen LogP contribution in [0.4, 0.5) is 4.79 Å². The van der Waals surface area contributed by atoms with Gasteiger partial charge in [-0.3, -0.25) is 14.5 Å². The Kier molecular flexibility index (Phi) is 5.19. The van der Waals surface area contributed by atoms with Crippen molar-refractivity contribution in [1.82, 2.24) is 10.2 Å². The molecule has 0 aromatic heterocycles. The number of carbonyl (C=O) groups excluding carboxylic acids is 3. The Hall–Kier alpha value is -2.86. The molecule has 6 nitrogen and oxygen atoms in total. The van der Waals surface area contributed by atoms with E-state index >= 15 is 0 Å². The first-order chi connectivity index (χ1) is 12.8. The van der Waals surface area contributed by atoms with Gasteiger partial charge < -0.3 is 10.1 Å². The van der Waals surface area contributed by atoms with Gasteiger partial charge in [0.25, 0.3) is 5.91 Å². The van der Waals surface area contributed by atoms with E-state index in [1.54, 1.807) is 43.3 Å². The minimum Gasteiger partial charge on any atom is -0.459 e. The van der Waals surface area contributed by atoms with Crippen molar-refractivity contribution in [3.05, 3.63) is 70.2 Å². The van der Waals surface area contributed by atoms with Crippen LogP contribution in [0.25, 0.3) is 0 Å². The summed E-state index contributed by atoms with van der Waals surface area (Å²) in [6.07, 6.45) is 0. The first-order valence-electron chi connectivity index (χ1n) is 8.41. The number of ether oxygens (including phenoxy) is 1. The molecule has 0 spiro atoms. The van der Waals surface area contributed by atoms with Crippen molar-refractivity contribution < 1.29 is 19.1 Å². The van der Waals surface area contributed by atoms with Gasteiger partial charge in [0.1, 0.15) is 18.7 Å². The van der Waals surface area contributed by atoms with Crippen LogP contribution >= 0.6 is 11.6 Å². The van der Waals surface area contributed by atoms with Crippen LogP contribution in [0.5, 0.6) is 0 Å². The molecule has 1 aliphatic heterocycles. The average molecular weight is 387 g/mol. The zero-order chi connectivity index (χ0) is 19.6. The van der Waals surface area contributed by atoms with Crippen molar-refractivity contribution in [3.63, 3.8) is 0 Å². The zero-order valence-corrected chi connectivity index (χ0v) is 15.7. The number of halogens is 1. The highest BCUT2D eigenvalue weighted by molar-refractivity contribution is 6.30. The summed E-state index contributed by atoms with van der Waals surface area (Å²) in [5.41, 5.74) is 1.21. The molecule has 2 aromatic rings. The number of carbonyl (C=O) groups is 3. The molecule has 0 unspecified atom stereocenters. The third-order valence-electron chi connectivity index (χ3n) is 4.48. The van der Waals surface area contributed by atoms with Gasteiger partial charge in [0, 0.05) is 5.02 Å². The summed E-state index contributed by atoms with van der Waals surface area (Å²) >= 11 is 5.89. The van der Waals surface area contributed by atoms with Crippen LogP contribution in [-0.2, 0) is 26.5 Å². The van der Waals surface area contributed by atoms with Crippen LogP contribution in [0, 0.1) is 6.92 Å². The minimum absolute atomic E-state index is 0.0122. The van der Waals surface area contributed by atoms with E-state index in [9.17, 15) is 14.4 Å². The minimum atomic E-state index is -1.21. The quantitative estimate of drug-likeness (QED) is 0.632. The largest absolute Gasteiger partial charge is 0.459 e. The number of nitrogens with zero attached hydrogens (tertiary/aromatic N) is 1. The van der Waals surface area contributed by atoms with E-state index in [2.05, 4.69) is 5.32 Å². The number of rotatable bonds is 5. The number of benzene rings is 2. The Bertz CT molecular complexity index is 897. The lowest BCUT2D eigenvalue weighted by atomic mass is 9.91. The van der Waals surface area contributed by atoms with E-state index < -0.39 is 30.0 Å². The molecule has 1 N–H and O–H groups in total. The molecule has 140 valence electrons.